The summed E-state index contributed by atoms with van der Waals surface area (Å²) < 4.78 is 1.88. The zero-order valence-electron chi connectivity index (χ0n) is 12.9. The number of anilines is 1. The number of nitrogens with one attached hydrogen (secondary N) is 1. The summed E-state index contributed by atoms with van der Waals surface area (Å²) in [6.45, 7) is 5.40. The van der Waals surface area contributed by atoms with Crippen LogP contribution in [-0.2, 0) is 13.6 Å². The van der Waals surface area contributed by atoms with E-state index in [4.69, 9.17) is 0 Å². The Labute approximate surface area is 126 Å². The van der Waals surface area contributed by atoms with Gasteiger partial charge in [-0.3, -0.25) is 9.58 Å². The third-order valence-corrected chi connectivity index (χ3v) is 4.13. The molecule has 1 atom stereocenters. The van der Waals surface area contributed by atoms with Crippen LogP contribution in [0.5, 0.6) is 0 Å². The summed E-state index contributed by atoms with van der Waals surface area (Å²) >= 11 is 0. The molecule has 0 radical (unpaired) electrons. The number of likely N-dealkylation sites (tertiary alicyclic amines) is 1. The van der Waals surface area contributed by atoms with E-state index in [-0.39, 0.29) is 0 Å². The SMILES string of the molecule is Cc1nn(C)cc1NC1CCCN(Cc2ccccc2)C1. The summed E-state index contributed by atoms with van der Waals surface area (Å²) in [6.07, 6.45) is 4.56. The second kappa shape index (κ2) is 6.31. The van der Waals surface area contributed by atoms with Crippen molar-refractivity contribution in [3.63, 3.8) is 0 Å². The van der Waals surface area contributed by atoms with Crippen molar-refractivity contribution >= 4 is 5.69 Å². The lowest BCUT2D eigenvalue weighted by molar-refractivity contribution is 0.208. The third-order valence-electron chi connectivity index (χ3n) is 4.13. The lowest BCUT2D eigenvalue weighted by Gasteiger charge is -2.33. The molecule has 0 saturated carbocycles. The Kier molecular flexibility index (Phi) is 4.25. The van der Waals surface area contributed by atoms with Crippen LogP contribution in [0.15, 0.2) is 36.5 Å². The summed E-state index contributed by atoms with van der Waals surface area (Å²) in [5.41, 5.74) is 3.65. The molecular weight excluding hydrogens is 260 g/mol. The van der Waals surface area contributed by atoms with Crippen LogP contribution in [0.3, 0.4) is 0 Å². The fraction of sp³-hybridized carbons (Fsp3) is 0.471. The van der Waals surface area contributed by atoms with Crippen LogP contribution in [0.1, 0.15) is 24.1 Å². The molecule has 2 aromatic rings. The average Bonchev–Trinajstić information content (AvgIpc) is 2.78. The van der Waals surface area contributed by atoms with E-state index in [2.05, 4.69) is 58.8 Å². The Bertz CT molecular complexity index is 576. The monoisotopic (exact) mass is 284 g/mol. The molecule has 1 unspecified atom stereocenters. The first kappa shape index (κ1) is 14.1. The fourth-order valence-corrected chi connectivity index (χ4v) is 3.12. The Balaban J connectivity index is 1.59. The van der Waals surface area contributed by atoms with E-state index in [1.807, 2.05) is 11.7 Å². The fourth-order valence-electron chi connectivity index (χ4n) is 3.12. The number of aryl methyl sites for hydroxylation is 2. The molecule has 4 heteroatoms. The number of hydrogen-bond acceptors (Lipinski definition) is 3. The quantitative estimate of drug-likeness (QED) is 0.937. The van der Waals surface area contributed by atoms with Crippen molar-refractivity contribution in [1.29, 1.82) is 0 Å². The molecule has 1 N–H and O–H groups in total. The van der Waals surface area contributed by atoms with Crippen LogP contribution < -0.4 is 5.32 Å². The van der Waals surface area contributed by atoms with E-state index in [1.54, 1.807) is 0 Å². The molecule has 0 aliphatic carbocycles. The van der Waals surface area contributed by atoms with Gasteiger partial charge in [-0.25, -0.2) is 0 Å². The van der Waals surface area contributed by atoms with Gasteiger partial charge in [0.25, 0.3) is 0 Å². The van der Waals surface area contributed by atoms with Crippen molar-refractivity contribution in [1.82, 2.24) is 14.7 Å². The standard InChI is InChI=1S/C17H24N4/c1-14-17(13-20(2)19-14)18-16-9-6-10-21(12-16)11-15-7-4-3-5-8-15/h3-5,7-8,13,16,18H,6,9-12H2,1-2H3. The van der Waals surface area contributed by atoms with Crippen molar-refractivity contribution in [3.05, 3.63) is 47.8 Å². The first-order valence-corrected chi connectivity index (χ1v) is 7.74. The van der Waals surface area contributed by atoms with Gasteiger partial charge in [0.1, 0.15) is 0 Å². The largest absolute Gasteiger partial charge is 0.378 e. The highest BCUT2D eigenvalue weighted by atomic mass is 15.3. The maximum Gasteiger partial charge on any atom is 0.0825 e. The molecule has 2 heterocycles. The molecule has 112 valence electrons. The second-order valence-electron chi connectivity index (χ2n) is 6.01. The van der Waals surface area contributed by atoms with E-state index in [9.17, 15) is 0 Å². The number of nitrogens with zero attached hydrogens (tertiary/aromatic N) is 3. The molecule has 1 aliphatic rings. The van der Waals surface area contributed by atoms with Gasteiger partial charge < -0.3 is 5.32 Å². The first-order chi connectivity index (χ1) is 10.2. The maximum atomic E-state index is 4.40. The molecule has 4 nitrogen and oxygen atoms in total. The normalized spacial score (nSPS) is 19.6. The lowest BCUT2D eigenvalue weighted by Crippen LogP contribution is -2.41. The molecule has 1 aliphatic heterocycles. The van der Waals surface area contributed by atoms with Gasteiger partial charge in [-0.2, -0.15) is 5.10 Å². The summed E-state index contributed by atoms with van der Waals surface area (Å²) in [4.78, 5) is 2.54. The molecule has 21 heavy (non-hydrogen) atoms. The van der Waals surface area contributed by atoms with Crippen LogP contribution >= 0.6 is 0 Å². The predicted molar refractivity (Wildman–Crippen MR) is 86.3 cm³/mol. The highest BCUT2D eigenvalue weighted by molar-refractivity contribution is 5.46. The van der Waals surface area contributed by atoms with Crippen LogP contribution in [-0.4, -0.2) is 33.8 Å². The average molecular weight is 284 g/mol. The van der Waals surface area contributed by atoms with E-state index in [0.717, 1.165) is 18.8 Å². The van der Waals surface area contributed by atoms with Gasteiger partial charge in [-0.15, -0.1) is 0 Å². The number of rotatable bonds is 4. The zero-order chi connectivity index (χ0) is 14.7. The minimum absolute atomic E-state index is 0.519. The smallest absolute Gasteiger partial charge is 0.0825 e. The lowest BCUT2D eigenvalue weighted by atomic mass is 10.0. The molecule has 0 spiro atoms. The highest BCUT2D eigenvalue weighted by Crippen LogP contribution is 2.19. The zero-order valence-corrected chi connectivity index (χ0v) is 12.9. The molecule has 0 bridgehead atoms. The van der Waals surface area contributed by atoms with Crippen molar-refractivity contribution < 1.29 is 0 Å². The highest BCUT2D eigenvalue weighted by Gasteiger charge is 2.20. The van der Waals surface area contributed by atoms with Crippen molar-refractivity contribution in [2.24, 2.45) is 7.05 Å². The summed E-state index contributed by atoms with van der Waals surface area (Å²) in [6, 6.07) is 11.3. The summed E-state index contributed by atoms with van der Waals surface area (Å²) in [5, 5.41) is 8.06. The Hall–Kier alpha value is -1.81. The number of benzene rings is 1. The maximum absolute atomic E-state index is 4.40. The van der Waals surface area contributed by atoms with Gasteiger partial charge in [0, 0.05) is 32.4 Å². The topological polar surface area (TPSA) is 33.1 Å². The molecule has 1 aromatic carbocycles. The first-order valence-electron chi connectivity index (χ1n) is 7.74. The minimum atomic E-state index is 0.519. The number of piperidine rings is 1. The molecule has 0 amide bonds. The van der Waals surface area contributed by atoms with E-state index < -0.39 is 0 Å². The molecule has 3 rings (SSSR count). The number of hydrogen-bond donors (Lipinski definition) is 1. The van der Waals surface area contributed by atoms with Crippen LogP contribution in [0.4, 0.5) is 5.69 Å². The van der Waals surface area contributed by atoms with Gasteiger partial charge in [-0.1, -0.05) is 30.3 Å². The molecule has 1 aromatic heterocycles. The van der Waals surface area contributed by atoms with Gasteiger partial charge in [0.2, 0.25) is 0 Å². The molecular formula is C17H24N4. The van der Waals surface area contributed by atoms with Crippen LogP contribution in [0, 0.1) is 6.92 Å². The van der Waals surface area contributed by atoms with E-state index in [1.165, 1.54) is 30.6 Å². The van der Waals surface area contributed by atoms with E-state index >= 15 is 0 Å². The Morgan fingerprint density at radius 1 is 1.29 bits per heavy atom. The predicted octanol–water partition coefficient (Wildman–Crippen LogP) is 2.81. The van der Waals surface area contributed by atoms with Gasteiger partial charge in [0.05, 0.1) is 11.4 Å². The van der Waals surface area contributed by atoms with Crippen molar-refractivity contribution in [2.75, 3.05) is 18.4 Å². The van der Waals surface area contributed by atoms with Crippen molar-refractivity contribution in [3.8, 4) is 0 Å². The molecule has 1 fully saturated rings. The Morgan fingerprint density at radius 2 is 2.10 bits per heavy atom. The third kappa shape index (κ3) is 3.64. The molecule has 1 saturated heterocycles. The Morgan fingerprint density at radius 3 is 2.81 bits per heavy atom. The second-order valence-corrected chi connectivity index (χ2v) is 6.01. The summed E-state index contributed by atoms with van der Waals surface area (Å²) in [7, 11) is 1.97. The summed E-state index contributed by atoms with van der Waals surface area (Å²) in [5.74, 6) is 0. The van der Waals surface area contributed by atoms with Gasteiger partial charge in [-0.05, 0) is 31.9 Å². The van der Waals surface area contributed by atoms with Crippen LogP contribution in [0.25, 0.3) is 0 Å². The van der Waals surface area contributed by atoms with Gasteiger partial charge in [0.15, 0.2) is 0 Å². The van der Waals surface area contributed by atoms with Crippen LogP contribution in [0.2, 0.25) is 0 Å². The van der Waals surface area contributed by atoms with Crippen molar-refractivity contribution in [2.45, 2.75) is 32.4 Å². The minimum Gasteiger partial charge on any atom is -0.378 e. The van der Waals surface area contributed by atoms with E-state index in [0.29, 0.717) is 6.04 Å². The van der Waals surface area contributed by atoms with Gasteiger partial charge >= 0.3 is 0 Å². The number of aromatic nitrogens is 2.